The highest BCUT2D eigenvalue weighted by Gasteiger charge is 2.02. The van der Waals surface area contributed by atoms with E-state index >= 15 is 0 Å². The Balaban J connectivity index is 2.02. The maximum atomic E-state index is 6.14. The third-order valence-electron chi connectivity index (χ3n) is 2.45. The van der Waals surface area contributed by atoms with E-state index in [1.165, 1.54) is 9.75 Å². The first kappa shape index (κ1) is 12.9. The quantitative estimate of drug-likeness (QED) is 0.798. The maximum absolute atomic E-state index is 6.14. The molecule has 1 aromatic heterocycles. The molecule has 0 aliphatic carbocycles. The molecule has 1 N–H and O–H groups in total. The Bertz CT molecular complexity index is 510. The van der Waals surface area contributed by atoms with E-state index in [0.717, 1.165) is 28.1 Å². The second-order valence-electron chi connectivity index (χ2n) is 3.70. The average Bonchev–Trinajstić information content (AvgIpc) is 2.76. The summed E-state index contributed by atoms with van der Waals surface area (Å²) in [5, 5.41) is 4.09. The Morgan fingerprint density at radius 1 is 1.24 bits per heavy atom. The van der Waals surface area contributed by atoms with Crippen molar-refractivity contribution in [1.29, 1.82) is 0 Å². The van der Waals surface area contributed by atoms with Crippen molar-refractivity contribution in [3.05, 3.63) is 49.6 Å². The number of rotatable bonds is 4. The Morgan fingerprint density at radius 2 is 2.00 bits per heavy atom. The van der Waals surface area contributed by atoms with Crippen molar-refractivity contribution in [2.75, 3.05) is 5.32 Å². The normalized spacial score (nSPS) is 10.5. The molecule has 0 saturated heterocycles. The fourth-order valence-corrected chi connectivity index (χ4v) is 3.16. The molecule has 0 aliphatic rings. The predicted molar refractivity (Wildman–Crippen MR) is 80.2 cm³/mol. The number of nitrogens with one attached hydrogen (secondary N) is 1. The van der Waals surface area contributed by atoms with Gasteiger partial charge in [0.2, 0.25) is 0 Å². The summed E-state index contributed by atoms with van der Waals surface area (Å²) in [5.41, 5.74) is 0.973. The molecule has 0 atom stereocenters. The third-order valence-corrected chi connectivity index (χ3v) is 4.49. The van der Waals surface area contributed by atoms with E-state index < -0.39 is 0 Å². The highest BCUT2D eigenvalue weighted by atomic mass is 79.9. The molecule has 0 saturated carbocycles. The van der Waals surface area contributed by atoms with Gasteiger partial charge >= 0.3 is 0 Å². The molecule has 17 heavy (non-hydrogen) atoms. The highest BCUT2D eigenvalue weighted by Crippen LogP contribution is 2.26. The van der Waals surface area contributed by atoms with Gasteiger partial charge in [0.25, 0.3) is 0 Å². The monoisotopic (exact) mass is 329 g/mol. The van der Waals surface area contributed by atoms with Crippen LogP contribution in [-0.2, 0) is 13.0 Å². The zero-order valence-corrected chi connectivity index (χ0v) is 12.6. The lowest BCUT2D eigenvalue weighted by atomic mass is 10.3. The Hall–Kier alpha value is -0.510. The van der Waals surface area contributed by atoms with Crippen molar-refractivity contribution in [3.63, 3.8) is 0 Å². The molecule has 1 aromatic carbocycles. The molecule has 1 heterocycles. The molecule has 0 fully saturated rings. The van der Waals surface area contributed by atoms with E-state index in [1.54, 1.807) is 0 Å². The van der Waals surface area contributed by atoms with Gasteiger partial charge in [-0.3, -0.25) is 0 Å². The number of aryl methyl sites for hydroxylation is 1. The first-order valence-electron chi connectivity index (χ1n) is 5.45. The van der Waals surface area contributed by atoms with Crippen LogP contribution >= 0.6 is 38.9 Å². The largest absolute Gasteiger partial charge is 0.379 e. The van der Waals surface area contributed by atoms with Crippen molar-refractivity contribution in [2.45, 2.75) is 19.9 Å². The highest BCUT2D eigenvalue weighted by molar-refractivity contribution is 9.10. The number of hydrogen-bond donors (Lipinski definition) is 1. The van der Waals surface area contributed by atoms with Crippen LogP contribution in [0.2, 0.25) is 5.02 Å². The first-order valence-corrected chi connectivity index (χ1v) is 7.44. The number of halogens is 2. The molecule has 4 heteroatoms. The van der Waals surface area contributed by atoms with Crippen LogP contribution in [0.5, 0.6) is 0 Å². The van der Waals surface area contributed by atoms with E-state index in [2.05, 4.69) is 40.3 Å². The SMILES string of the molecule is CCc1ccc(CNc2ccc(Br)cc2Cl)s1. The predicted octanol–water partition coefficient (Wildman–Crippen LogP) is 5.34. The molecule has 0 unspecified atom stereocenters. The minimum Gasteiger partial charge on any atom is -0.379 e. The lowest BCUT2D eigenvalue weighted by molar-refractivity contribution is 1.19. The smallest absolute Gasteiger partial charge is 0.0648 e. The maximum Gasteiger partial charge on any atom is 0.0648 e. The van der Waals surface area contributed by atoms with Gasteiger partial charge in [-0.15, -0.1) is 11.3 Å². The van der Waals surface area contributed by atoms with Gasteiger partial charge in [0.15, 0.2) is 0 Å². The van der Waals surface area contributed by atoms with E-state index in [9.17, 15) is 0 Å². The van der Waals surface area contributed by atoms with Crippen molar-refractivity contribution in [3.8, 4) is 0 Å². The molecule has 0 aliphatic heterocycles. The van der Waals surface area contributed by atoms with Crippen LogP contribution in [-0.4, -0.2) is 0 Å². The summed E-state index contributed by atoms with van der Waals surface area (Å²) in [5.74, 6) is 0. The van der Waals surface area contributed by atoms with Gasteiger partial charge in [-0.25, -0.2) is 0 Å². The number of anilines is 1. The topological polar surface area (TPSA) is 12.0 Å². The van der Waals surface area contributed by atoms with Crippen molar-refractivity contribution in [1.82, 2.24) is 0 Å². The lowest BCUT2D eigenvalue weighted by Gasteiger charge is -2.07. The molecule has 0 amide bonds. The molecule has 1 nitrogen and oxygen atoms in total. The zero-order chi connectivity index (χ0) is 12.3. The fraction of sp³-hybridized carbons (Fsp3) is 0.231. The third kappa shape index (κ3) is 3.47. The Morgan fingerprint density at radius 3 is 2.65 bits per heavy atom. The molecule has 0 spiro atoms. The molecule has 2 aromatic rings. The zero-order valence-electron chi connectivity index (χ0n) is 9.47. The molecular formula is C13H13BrClNS. The summed E-state index contributed by atoms with van der Waals surface area (Å²) >= 11 is 11.4. The molecule has 0 radical (unpaired) electrons. The van der Waals surface area contributed by atoms with Crippen molar-refractivity contribution < 1.29 is 0 Å². The Kier molecular flexibility index (Phi) is 4.48. The standard InChI is InChI=1S/C13H13BrClNS/c1-2-10-4-5-11(17-10)8-16-13-6-3-9(14)7-12(13)15/h3-7,16H,2,8H2,1H3. The first-order chi connectivity index (χ1) is 8.19. The van der Waals surface area contributed by atoms with Crippen LogP contribution in [0, 0.1) is 0 Å². The van der Waals surface area contributed by atoms with E-state index in [4.69, 9.17) is 11.6 Å². The molecule has 0 bridgehead atoms. The van der Waals surface area contributed by atoms with Gasteiger partial charge < -0.3 is 5.32 Å². The van der Waals surface area contributed by atoms with Crippen LogP contribution in [0.15, 0.2) is 34.8 Å². The van der Waals surface area contributed by atoms with E-state index in [-0.39, 0.29) is 0 Å². The van der Waals surface area contributed by atoms with Crippen LogP contribution in [0.3, 0.4) is 0 Å². The van der Waals surface area contributed by atoms with Gasteiger partial charge in [0.1, 0.15) is 0 Å². The van der Waals surface area contributed by atoms with Crippen LogP contribution < -0.4 is 5.32 Å². The summed E-state index contributed by atoms with van der Waals surface area (Å²) in [7, 11) is 0. The van der Waals surface area contributed by atoms with Gasteiger partial charge in [0.05, 0.1) is 10.7 Å². The summed E-state index contributed by atoms with van der Waals surface area (Å²) in [6.07, 6.45) is 1.10. The second-order valence-corrected chi connectivity index (χ2v) is 6.28. The number of thiophene rings is 1. The summed E-state index contributed by atoms with van der Waals surface area (Å²) < 4.78 is 0.998. The summed E-state index contributed by atoms with van der Waals surface area (Å²) in [4.78, 5) is 2.75. The van der Waals surface area contributed by atoms with Crippen molar-refractivity contribution >= 4 is 44.6 Å². The van der Waals surface area contributed by atoms with Crippen LogP contribution in [0.4, 0.5) is 5.69 Å². The minimum absolute atomic E-state index is 0.742. The van der Waals surface area contributed by atoms with Gasteiger partial charge in [0, 0.05) is 20.8 Å². The van der Waals surface area contributed by atoms with Crippen LogP contribution in [0.25, 0.3) is 0 Å². The van der Waals surface area contributed by atoms with Gasteiger partial charge in [-0.2, -0.15) is 0 Å². The fourth-order valence-electron chi connectivity index (χ4n) is 1.52. The lowest BCUT2D eigenvalue weighted by Crippen LogP contribution is -1.97. The average molecular weight is 331 g/mol. The second kappa shape index (κ2) is 5.89. The molecule has 2 rings (SSSR count). The number of hydrogen-bond acceptors (Lipinski definition) is 2. The van der Waals surface area contributed by atoms with Gasteiger partial charge in [-0.05, 0) is 36.8 Å². The van der Waals surface area contributed by atoms with Crippen LogP contribution in [0.1, 0.15) is 16.7 Å². The van der Waals surface area contributed by atoms with E-state index in [0.29, 0.717) is 0 Å². The summed E-state index contributed by atoms with van der Waals surface area (Å²) in [6.45, 7) is 3.00. The van der Waals surface area contributed by atoms with Crippen molar-refractivity contribution in [2.24, 2.45) is 0 Å². The Labute approximate surface area is 119 Å². The van der Waals surface area contributed by atoms with Gasteiger partial charge in [-0.1, -0.05) is 34.5 Å². The minimum atomic E-state index is 0.742. The summed E-state index contributed by atoms with van der Waals surface area (Å²) in [6, 6.07) is 10.2. The number of benzene rings is 1. The van der Waals surface area contributed by atoms with E-state index in [1.807, 2.05) is 29.5 Å². The molecule has 90 valence electrons. The molecular weight excluding hydrogens is 318 g/mol.